The zero-order valence-corrected chi connectivity index (χ0v) is 11.1. The number of benzene rings is 1. The predicted octanol–water partition coefficient (Wildman–Crippen LogP) is 3.07. The smallest absolute Gasteiger partial charge is 0.0808 e. The molecule has 1 aromatic carbocycles. The molecule has 0 aromatic heterocycles. The van der Waals surface area contributed by atoms with E-state index in [4.69, 9.17) is 9.47 Å². The van der Waals surface area contributed by atoms with Crippen LogP contribution in [0.5, 0.6) is 0 Å². The number of anilines is 1. The highest BCUT2D eigenvalue weighted by atomic mass is 16.5. The lowest BCUT2D eigenvalue weighted by atomic mass is 10.1. The van der Waals surface area contributed by atoms with Crippen molar-refractivity contribution in [2.24, 2.45) is 0 Å². The molecule has 0 amide bonds. The summed E-state index contributed by atoms with van der Waals surface area (Å²) in [5, 5.41) is 3.37. The summed E-state index contributed by atoms with van der Waals surface area (Å²) in [5.74, 6) is 0. The van der Waals surface area contributed by atoms with Crippen LogP contribution in [0.15, 0.2) is 30.3 Å². The number of hydrogen-bond donors (Lipinski definition) is 1. The van der Waals surface area contributed by atoms with Gasteiger partial charge in [-0.15, -0.1) is 0 Å². The molecule has 1 saturated heterocycles. The van der Waals surface area contributed by atoms with Gasteiger partial charge in [0, 0.05) is 18.8 Å². The van der Waals surface area contributed by atoms with Gasteiger partial charge in [-0.05, 0) is 38.3 Å². The molecule has 18 heavy (non-hydrogen) atoms. The van der Waals surface area contributed by atoms with Gasteiger partial charge < -0.3 is 14.8 Å². The van der Waals surface area contributed by atoms with E-state index in [1.165, 1.54) is 12.8 Å². The third-order valence-electron chi connectivity index (χ3n) is 3.21. The third-order valence-corrected chi connectivity index (χ3v) is 3.21. The van der Waals surface area contributed by atoms with Crippen molar-refractivity contribution >= 4 is 5.69 Å². The van der Waals surface area contributed by atoms with Crippen LogP contribution in [0.2, 0.25) is 0 Å². The molecule has 3 heteroatoms. The Balaban J connectivity index is 1.61. The van der Waals surface area contributed by atoms with Gasteiger partial charge in [-0.1, -0.05) is 18.2 Å². The molecule has 2 rings (SSSR count). The topological polar surface area (TPSA) is 30.5 Å². The van der Waals surface area contributed by atoms with Crippen LogP contribution in [0.1, 0.15) is 26.2 Å². The first-order valence-electron chi connectivity index (χ1n) is 6.87. The van der Waals surface area contributed by atoms with E-state index in [1.807, 2.05) is 18.2 Å². The minimum absolute atomic E-state index is 0.204. The van der Waals surface area contributed by atoms with Gasteiger partial charge in [0.15, 0.2) is 0 Å². The van der Waals surface area contributed by atoms with Crippen molar-refractivity contribution in [3.05, 3.63) is 30.3 Å². The van der Waals surface area contributed by atoms with Crippen molar-refractivity contribution in [1.29, 1.82) is 0 Å². The first kappa shape index (κ1) is 13.4. The summed E-state index contributed by atoms with van der Waals surface area (Å²) in [7, 11) is 0. The maximum atomic E-state index is 5.82. The molecule has 0 radical (unpaired) electrons. The molecule has 1 heterocycles. The normalized spacial score (nSPS) is 21.5. The molecule has 2 atom stereocenters. The summed E-state index contributed by atoms with van der Waals surface area (Å²) in [5.41, 5.74) is 1.14. The van der Waals surface area contributed by atoms with Crippen LogP contribution in [0.25, 0.3) is 0 Å². The largest absolute Gasteiger partial charge is 0.382 e. The molecular weight excluding hydrogens is 226 g/mol. The Bertz CT molecular complexity index is 323. The van der Waals surface area contributed by atoms with Crippen LogP contribution in [-0.2, 0) is 9.47 Å². The molecule has 1 aliphatic heterocycles. The lowest BCUT2D eigenvalue weighted by Gasteiger charge is -2.24. The predicted molar refractivity (Wildman–Crippen MR) is 73.9 cm³/mol. The Morgan fingerprint density at radius 1 is 1.33 bits per heavy atom. The van der Waals surface area contributed by atoms with Crippen molar-refractivity contribution in [3.8, 4) is 0 Å². The first-order valence-corrected chi connectivity index (χ1v) is 6.87. The average Bonchev–Trinajstić information content (AvgIpc) is 2.45. The van der Waals surface area contributed by atoms with Crippen LogP contribution in [0.4, 0.5) is 5.69 Å². The second-order valence-corrected chi connectivity index (χ2v) is 4.88. The summed E-state index contributed by atoms with van der Waals surface area (Å²) in [6.45, 7) is 4.54. The quantitative estimate of drug-likeness (QED) is 0.840. The number of hydrogen-bond acceptors (Lipinski definition) is 3. The minimum atomic E-state index is 0.204. The van der Waals surface area contributed by atoms with Gasteiger partial charge in [-0.3, -0.25) is 0 Å². The molecule has 0 aliphatic carbocycles. The first-order chi connectivity index (χ1) is 8.84. The summed E-state index contributed by atoms with van der Waals surface area (Å²) in [6.07, 6.45) is 4.11. The maximum Gasteiger partial charge on any atom is 0.0808 e. The molecule has 100 valence electrons. The van der Waals surface area contributed by atoms with Gasteiger partial charge >= 0.3 is 0 Å². The number of nitrogens with one attached hydrogen (secondary N) is 1. The molecule has 1 fully saturated rings. The lowest BCUT2D eigenvalue weighted by Crippen LogP contribution is -2.29. The fourth-order valence-corrected chi connectivity index (χ4v) is 2.09. The number of para-hydroxylation sites is 1. The lowest BCUT2D eigenvalue weighted by molar-refractivity contribution is -0.0562. The second kappa shape index (κ2) is 7.39. The van der Waals surface area contributed by atoms with E-state index < -0.39 is 0 Å². The Hall–Kier alpha value is -1.06. The van der Waals surface area contributed by atoms with Crippen LogP contribution < -0.4 is 5.32 Å². The van der Waals surface area contributed by atoms with E-state index in [0.717, 1.165) is 31.9 Å². The Morgan fingerprint density at radius 3 is 2.89 bits per heavy atom. The number of rotatable bonds is 6. The zero-order chi connectivity index (χ0) is 12.6. The van der Waals surface area contributed by atoms with Crippen LogP contribution >= 0.6 is 0 Å². The van der Waals surface area contributed by atoms with Gasteiger partial charge in [0.1, 0.15) is 0 Å². The fraction of sp³-hybridized carbons (Fsp3) is 0.600. The van der Waals surface area contributed by atoms with Crippen molar-refractivity contribution < 1.29 is 9.47 Å². The van der Waals surface area contributed by atoms with E-state index in [9.17, 15) is 0 Å². The Morgan fingerprint density at radius 2 is 2.17 bits per heavy atom. The van der Waals surface area contributed by atoms with E-state index in [-0.39, 0.29) is 6.10 Å². The van der Waals surface area contributed by atoms with Crippen LogP contribution in [0.3, 0.4) is 0 Å². The van der Waals surface area contributed by atoms with Gasteiger partial charge in [0.25, 0.3) is 0 Å². The summed E-state index contributed by atoms with van der Waals surface area (Å²) < 4.78 is 11.5. The van der Waals surface area contributed by atoms with Gasteiger partial charge in [-0.2, -0.15) is 0 Å². The molecule has 0 bridgehead atoms. The van der Waals surface area contributed by atoms with E-state index in [1.54, 1.807) is 0 Å². The Labute approximate surface area is 109 Å². The third kappa shape index (κ3) is 4.67. The molecule has 1 aliphatic rings. The Kier molecular flexibility index (Phi) is 5.49. The van der Waals surface area contributed by atoms with E-state index >= 15 is 0 Å². The van der Waals surface area contributed by atoms with Crippen molar-refractivity contribution in [2.75, 3.05) is 25.1 Å². The minimum Gasteiger partial charge on any atom is -0.382 e. The van der Waals surface area contributed by atoms with E-state index in [2.05, 4.69) is 24.4 Å². The van der Waals surface area contributed by atoms with Crippen molar-refractivity contribution in [3.63, 3.8) is 0 Å². The molecule has 1 N–H and O–H groups in total. The van der Waals surface area contributed by atoms with E-state index in [0.29, 0.717) is 6.10 Å². The monoisotopic (exact) mass is 249 g/mol. The molecule has 0 spiro atoms. The second-order valence-electron chi connectivity index (χ2n) is 4.88. The van der Waals surface area contributed by atoms with Crippen molar-refractivity contribution in [2.45, 2.75) is 38.4 Å². The fourth-order valence-electron chi connectivity index (χ4n) is 2.09. The van der Waals surface area contributed by atoms with Crippen LogP contribution in [0, 0.1) is 0 Å². The van der Waals surface area contributed by atoms with Gasteiger partial charge in [0.05, 0.1) is 18.8 Å². The van der Waals surface area contributed by atoms with Crippen molar-refractivity contribution in [1.82, 2.24) is 0 Å². The highest BCUT2D eigenvalue weighted by Crippen LogP contribution is 2.13. The summed E-state index contributed by atoms with van der Waals surface area (Å²) in [4.78, 5) is 0. The zero-order valence-electron chi connectivity index (χ0n) is 11.1. The van der Waals surface area contributed by atoms with Crippen LogP contribution in [-0.4, -0.2) is 32.0 Å². The molecule has 1 aromatic rings. The molecular formula is C15H23NO2. The average molecular weight is 249 g/mol. The maximum absolute atomic E-state index is 5.82. The summed E-state index contributed by atoms with van der Waals surface area (Å²) in [6, 6.07) is 10.2. The number of ether oxygens (including phenoxy) is 2. The highest BCUT2D eigenvalue weighted by molar-refractivity contribution is 5.42. The molecule has 2 unspecified atom stereocenters. The standard InChI is InChI=1S/C15H23NO2/c1-13(11-16-14-7-3-2-4-8-14)18-12-15-9-5-6-10-17-15/h2-4,7-8,13,15-16H,5-6,9-12H2,1H3. The molecule has 3 nitrogen and oxygen atoms in total. The SMILES string of the molecule is CC(CNc1ccccc1)OCC1CCCCO1. The summed E-state index contributed by atoms with van der Waals surface area (Å²) >= 11 is 0. The highest BCUT2D eigenvalue weighted by Gasteiger charge is 2.15. The van der Waals surface area contributed by atoms with Gasteiger partial charge in [-0.25, -0.2) is 0 Å². The molecule has 0 saturated carbocycles. The van der Waals surface area contributed by atoms with Gasteiger partial charge in [0.2, 0.25) is 0 Å².